The normalized spacial score (nSPS) is 33.9. The van der Waals surface area contributed by atoms with Crippen molar-refractivity contribution >= 4 is 5.97 Å². The van der Waals surface area contributed by atoms with Crippen LogP contribution in [0, 0.1) is 17.3 Å². The number of piperidine rings is 1. The fourth-order valence-corrected chi connectivity index (χ4v) is 5.09. The van der Waals surface area contributed by atoms with Crippen molar-refractivity contribution in [2.45, 2.75) is 70.6 Å². The van der Waals surface area contributed by atoms with Gasteiger partial charge in [0.25, 0.3) is 0 Å². The molecule has 0 radical (unpaired) electrons. The first-order valence-corrected chi connectivity index (χ1v) is 9.15. The Morgan fingerprint density at radius 3 is 2.29 bits per heavy atom. The van der Waals surface area contributed by atoms with E-state index in [4.69, 9.17) is 0 Å². The van der Waals surface area contributed by atoms with Crippen LogP contribution >= 0.6 is 0 Å². The molecular weight excluding hydrogens is 262 g/mol. The lowest BCUT2D eigenvalue weighted by Gasteiger charge is -2.44. The first kappa shape index (κ1) is 15.3. The van der Waals surface area contributed by atoms with E-state index in [1.807, 2.05) is 0 Å². The first-order valence-electron chi connectivity index (χ1n) is 9.15. The van der Waals surface area contributed by atoms with Gasteiger partial charge in [-0.3, -0.25) is 4.79 Å². The molecule has 0 spiro atoms. The van der Waals surface area contributed by atoms with Gasteiger partial charge in [-0.15, -0.1) is 0 Å². The summed E-state index contributed by atoms with van der Waals surface area (Å²) >= 11 is 0. The van der Waals surface area contributed by atoms with E-state index < -0.39 is 11.4 Å². The number of rotatable bonds is 3. The maximum absolute atomic E-state index is 12.0. The van der Waals surface area contributed by atoms with Gasteiger partial charge in [0.15, 0.2) is 0 Å². The molecule has 120 valence electrons. The van der Waals surface area contributed by atoms with Crippen LogP contribution in [0.2, 0.25) is 0 Å². The van der Waals surface area contributed by atoms with Crippen molar-refractivity contribution in [3.05, 3.63) is 0 Å². The topological polar surface area (TPSA) is 40.5 Å². The Bertz CT molecular complexity index is 360. The van der Waals surface area contributed by atoms with Gasteiger partial charge in [-0.2, -0.15) is 0 Å². The van der Waals surface area contributed by atoms with E-state index in [9.17, 15) is 9.90 Å². The summed E-state index contributed by atoms with van der Waals surface area (Å²) in [6, 6.07) is 0. The van der Waals surface area contributed by atoms with E-state index in [-0.39, 0.29) is 0 Å². The average Bonchev–Trinajstić information content (AvgIpc) is 2.74. The van der Waals surface area contributed by atoms with Gasteiger partial charge < -0.3 is 10.0 Å². The minimum absolute atomic E-state index is 0.446. The number of hydrogen-bond acceptors (Lipinski definition) is 2. The lowest BCUT2D eigenvalue weighted by molar-refractivity contribution is -0.151. The number of likely N-dealkylation sites (tertiary alicyclic amines) is 1. The number of aliphatic carboxylic acids is 1. The van der Waals surface area contributed by atoms with Gasteiger partial charge in [0.1, 0.15) is 0 Å². The smallest absolute Gasteiger partial charge is 0.310 e. The maximum Gasteiger partial charge on any atom is 0.310 e. The van der Waals surface area contributed by atoms with Crippen LogP contribution in [0.15, 0.2) is 0 Å². The zero-order chi connectivity index (χ0) is 14.7. The minimum Gasteiger partial charge on any atom is -0.481 e. The summed E-state index contributed by atoms with van der Waals surface area (Å²) in [5, 5.41) is 9.85. The molecule has 2 saturated carbocycles. The molecule has 3 aliphatic rings. The highest BCUT2D eigenvalue weighted by molar-refractivity contribution is 5.75. The fraction of sp³-hybridized carbons (Fsp3) is 0.944. The predicted octanol–water partition coefficient (Wildman–Crippen LogP) is 3.92. The number of carbonyl (C=O) groups is 1. The largest absolute Gasteiger partial charge is 0.481 e. The second-order valence-electron chi connectivity index (χ2n) is 7.83. The summed E-state index contributed by atoms with van der Waals surface area (Å²) < 4.78 is 0. The molecular formula is C18H31NO2. The predicted molar refractivity (Wildman–Crippen MR) is 84.3 cm³/mol. The molecule has 0 aromatic carbocycles. The van der Waals surface area contributed by atoms with E-state index in [1.165, 1.54) is 51.5 Å². The number of fused-ring (bicyclic) bond motifs is 1. The Hall–Kier alpha value is -0.570. The number of hydrogen-bond donors (Lipinski definition) is 1. The van der Waals surface area contributed by atoms with Crippen LogP contribution in [-0.2, 0) is 4.79 Å². The molecule has 3 rings (SSSR count). The Kier molecular flexibility index (Phi) is 4.88. The molecule has 3 fully saturated rings. The molecule has 0 aromatic heterocycles. The monoisotopic (exact) mass is 293 g/mol. The molecule has 2 aliphatic carbocycles. The van der Waals surface area contributed by atoms with Crippen molar-refractivity contribution in [3.63, 3.8) is 0 Å². The third-order valence-electron chi connectivity index (χ3n) is 6.42. The van der Waals surface area contributed by atoms with Crippen molar-refractivity contribution in [3.8, 4) is 0 Å². The van der Waals surface area contributed by atoms with Crippen molar-refractivity contribution in [1.29, 1.82) is 0 Å². The molecule has 2 atom stereocenters. The zero-order valence-corrected chi connectivity index (χ0v) is 13.4. The average molecular weight is 293 g/mol. The van der Waals surface area contributed by atoms with Gasteiger partial charge in [0.2, 0.25) is 0 Å². The van der Waals surface area contributed by atoms with E-state index >= 15 is 0 Å². The lowest BCUT2D eigenvalue weighted by atomic mass is 9.73. The van der Waals surface area contributed by atoms with Crippen molar-refractivity contribution in [2.75, 3.05) is 19.6 Å². The number of carboxylic acid groups (broad SMARTS) is 1. The second kappa shape index (κ2) is 6.68. The Labute approximate surface area is 129 Å². The van der Waals surface area contributed by atoms with Crippen molar-refractivity contribution in [2.24, 2.45) is 17.3 Å². The Balaban J connectivity index is 1.64. The van der Waals surface area contributed by atoms with Crippen LogP contribution in [0.25, 0.3) is 0 Å². The molecule has 3 heteroatoms. The van der Waals surface area contributed by atoms with E-state index in [1.54, 1.807) is 0 Å². The summed E-state index contributed by atoms with van der Waals surface area (Å²) in [6.45, 7) is 3.11. The molecule has 0 amide bonds. The molecule has 1 heterocycles. The molecule has 3 nitrogen and oxygen atoms in total. The van der Waals surface area contributed by atoms with Crippen molar-refractivity contribution in [1.82, 2.24) is 4.90 Å². The van der Waals surface area contributed by atoms with Crippen LogP contribution < -0.4 is 0 Å². The number of carboxylic acids is 1. The van der Waals surface area contributed by atoms with Crippen LogP contribution in [0.5, 0.6) is 0 Å². The lowest BCUT2D eigenvalue weighted by Crippen LogP contribution is -2.49. The molecule has 0 bridgehead atoms. The summed E-state index contributed by atoms with van der Waals surface area (Å²) in [5.41, 5.74) is -0.446. The van der Waals surface area contributed by atoms with Crippen LogP contribution in [-0.4, -0.2) is 35.6 Å². The highest BCUT2D eigenvalue weighted by Crippen LogP contribution is 2.40. The summed E-state index contributed by atoms with van der Waals surface area (Å²) in [6.07, 6.45) is 13.3. The van der Waals surface area contributed by atoms with Gasteiger partial charge in [0.05, 0.1) is 5.41 Å². The van der Waals surface area contributed by atoms with Crippen LogP contribution in [0.4, 0.5) is 0 Å². The SMILES string of the molecule is O=C(O)C1(CN2CCC3CCCCC3C2)CCCCCC1. The molecule has 21 heavy (non-hydrogen) atoms. The maximum atomic E-state index is 12.0. The summed E-state index contributed by atoms with van der Waals surface area (Å²) in [5.74, 6) is 1.25. The zero-order valence-electron chi connectivity index (χ0n) is 13.4. The Morgan fingerprint density at radius 2 is 1.62 bits per heavy atom. The minimum atomic E-state index is -0.532. The fourth-order valence-electron chi connectivity index (χ4n) is 5.09. The van der Waals surface area contributed by atoms with E-state index in [2.05, 4.69) is 4.90 Å². The summed E-state index contributed by atoms with van der Waals surface area (Å²) in [4.78, 5) is 14.5. The molecule has 1 N–H and O–H groups in total. The highest BCUT2D eigenvalue weighted by Gasteiger charge is 2.42. The van der Waals surface area contributed by atoms with Crippen LogP contribution in [0.3, 0.4) is 0 Å². The van der Waals surface area contributed by atoms with E-state index in [0.29, 0.717) is 0 Å². The third-order valence-corrected chi connectivity index (χ3v) is 6.42. The van der Waals surface area contributed by atoms with E-state index in [0.717, 1.165) is 50.6 Å². The van der Waals surface area contributed by atoms with Gasteiger partial charge in [-0.05, 0) is 44.1 Å². The molecule has 1 aliphatic heterocycles. The Morgan fingerprint density at radius 1 is 0.952 bits per heavy atom. The third kappa shape index (κ3) is 3.44. The highest BCUT2D eigenvalue weighted by atomic mass is 16.4. The molecule has 0 aromatic rings. The first-order chi connectivity index (χ1) is 10.2. The standard InChI is InChI=1S/C18H31NO2/c20-17(21)18(10-5-1-2-6-11-18)14-19-12-9-15-7-3-4-8-16(15)13-19/h15-16H,1-14H2,(H,20,21). The van der Waals surface area contributed by atoms with Gasteiger partial charge in [-0.1, -0.05) is 44.9 Å². The van der Waals surface area contributed by atoms with Crippen LogP contribution in [0.1, 0.15) is 70.6 Å². The van der Waals surface area contributed by atoms with Gasteiger partial charge in [0, 0.05) is 13.1 Å². The summed E-state index contributed by atoms with van der Waals surface area (Å²) in [7, 11) is 0. The van der Waals surface area contributed by atoms with Gasteiger partial charge in [-0.25, -0.2) is 0 Å². The quantitative estimate of drug-likeness (QED) is 0.802. The van der Waals surface area contributed by atoms with Gasteiger partial charge >= 0.3 is 5.97 Å². The molecule has 2 unspecified atom stereocenters. The number of nitrogens with zero attached hydrogens (tertiary/aromatic N) is 1. The second-order valence-corrected chi connectivity index (χ2v) is 7.83. The van der Waals surface area contributed by atoms with Crippen molar-refractivity contribution < 1.29 is 9.90 Å². The molecule has 1 saturated heterocycles.